The number of halogens is 1. The normalized spacial score (nSPS) is 10.5. The van der Waals surface area contributed by atoms with Gasteiger partial charge in [0.25, 0.3) is 0 Å². The number of nitrogens with one attached hydrogen (secondary N) is 1. The standard InChI is InChI=1S/C13H16BrN3/c1-3-12-10(9-17(2)16-12)8-15-13-7-5-4-6-11(13)14/h4-7,9,15H,3,8H2,1-2H3. The molecule has 17 heavy (non-hydrogen) atoms. The summed E-state index contributed by atoms with van der Waals surface area (Å²) in [7, 11) is 1.96. The zero-order valence-electron chi connectivity index (χ0n) is 10.1. The number of aromatic nitrogens is 2. The Morgan fingerprint density at radius 2 is 2.12 bits per heavy atom. The molecule has 1 N–H and O–H groups in total. The van der Waals surface area contributed by atoms with Crippen LogP contribution in [0, 0.1) is 0 Å². The first kappa shape index (κ1) is 12.2. The number of aryl methyl sites for hydroxylation is 2. The number of anilines is 1. The lowest BCUT2D eigenvalue weighted by atomic mass is 10.2. The maximum absolute atomic E-state index is 4.43. The molecule has 4 heteroatoms. The molecule has 1 heterocycles. The van der Waals surface area contributed by atoms with Crippen LogP contribution in [0.1, 0.15) is 18.2 Å². The third kappa shape index (κ3) is 2.88. The first-order chi connectivity index (χ1) is 8.20. The lowest BCUT2D eigenvalue weighted by Gasteiger charge is -2.07. The maximum Gasteiger partial charge on any atom is 0.0671 e. The fraction of sp³-hybridized carbons (Fsp3) is 0.308. The molecule has 0 unspecified atom stereocenters. The molecule has 2 rings (SSSR count). The number of rotatable bonds is 4. The first-order valence-corrected chi connectivity index (χ1v) is 6.49. The Labute approximate surface area is 110 Å². The molecule has 1 aromatic carbocycles. The van der Waals surface area contributed by atoms with E-state index in [0.717, 1.165) is 28.8 Å². The number of nitrogens with zero attached hydrogens (tertiary/aromatic N) is 2. The highest BCUT2D eigenvalue weighted by Crippen LogP contribution is 2.22. The van der Waals surface area contributed by atoms with Gasteiger partial charge in [0.1, 0.15) is 0 Å². The highest BCUT2D eigenvalue weighted by atomic mass is 79.9. The second-order valence-corrected chi connectivity index (χ2v) is 4.82. The van der Waals surface area contributed by atoms with E-state index < -0.39 is 0 Å². The smallest absolute Gasteiger partial charge is 0.0671 e. The molecule has 0 fully saturated rings. The van der Waals surface area contributed by atoms with Gasteiger partial charge in [0.15, 0.2) is 0 Å². The second-order valence-electron chi connectivity index (χ2n) is 3.96. The lowest BCUT2D eigenvalue weighted by Crippen LogP contribution is -2.01. The SMILES string of the molecule is CCc1nn(C)cc1CNc1ccccc1Br. The molecule has 0 atom stereocenters. The van der Waals surface area contributed by atoms with Gasteiger partial charge in [0, 0.05) is 35.5 Å². The fourth-order valence-electron chi connectivity index (χ4n) is 1.82. The second kappa shape index (κ2) is 5.36. The molecule has 0 radical (unpaired) electrons. The minimum atomic E-state index is 0.805. The van der Waals surface area contributed by atoms with Crippen LogP contribution in [0.3, 0.4) is 0 Å². The van der Waals surface area contributed by atoms with Crippen molar-refractivity contribution in [3.8, 4) is 0 Å². The van der Waals surface area contributed by atoms with Crippen LogP contribution >= 0.6 is 15.9 Å². The van der Waals surface area contributed by atoms with Crippen LogP contribution in [-0.4, -0.2) is 9.78 Å². The summed E-state index contributed by atoms with van der Waals surface area (Å²) < 4.78 is 2.96. The highest BCUT2D eigenvalue weighted by Gasteiger charge is 2.06. The van der Waals surface area contributed by atoms with Gasteiger partial charge in [-0.3, -0.25) is 4.68 Å². The van der Waals surface area contributed by atoms with E-state index in [4.69, 9.17) is 0 Å². The molecular formula is C13H16BrN3. The van der Waals surface area contributed by atoms with Crippen LogP contribution < -0.4 is 5.32 Å². The van der Waals surface area contributed by atoms with Gasteiger partial charge in [-0.1, -0.05) is 19.1 Å². The van der Waals surface area contributed by atoms with Gasteiger partial charge in [-0.05, 0) is 34.5 Å². The Bertz CT molecular complexity index is 505. The Hall–Kier alpha value is -1.29. The van der Waals surface area contributed by atoms with Crippen LogP contribution in [0.2, 0.25) is 0 Å². The van der Waals surface area contributed by atoms with Crippen molar-refractivity contribution in [1.29, 1.82) is 0 Å². The molecule has 1 aromatic heterocycles. The van der Waals surface area contributed by atoms with Crippen molar-refractivity contribution >= 4 is 21.6 Å². The zero-order chi connectivity index (χ0) is 12.3. The third-order valence-electron chi connectivity index (χ3n) is 2.67. The van der Waals surface area contributed by atoms with Crippen molar-refractivity contribution in [2.75, 3.05) is 5.32 Å². The molecule has 0 spiro atoms. The van der Waals surface area contributed by atoms with Gasteiger partial charge in [-0.15, -0.1) is 0 Å². The van der Waals surface area contributed by atoms with E-state index >= 15 is 0 Å². The lowest BCUT2D eigenvalue weighted by molar-refractivity contribution is 0.746. The van der Waals surface area contributed by atoms with Crippen molar-refractivity contribution in [2.24, 2.45) is 7.05 Å². The van der Waals surface area contributed by atoms with Gasteiger partial charge in [0.05, 0.1) is 5.69 Å². The monoisotopic (exact) mass is 293 g/mol. The van der Waals surface area contributed by atoms with Gasteiger partial charge in [-0.2, -0.15) is 5.10 Å². The molecule has 0 aliphatic carbocycles. The van der Waals surface area contributed by atoms with Crippen LogP contribution in [0.15, 0.2) is 34.9 Å². The Kier molecular flexibility index (Phi) is 3.84. The van der Waals surface area contributed by atoms with E-state index in [1.165, 1.54) is 5.56 Å². The average molecular weight is 294 g/mol. The van der Waals surface area contributed by atoms with Crippen molar-refractivity contribution in [3.05, 3.63) is 46.2 Å². The zero-order valence-corrected chi connectivity index (χ0v) is 11.7. The number of benzene rings is 1. The number of para-hydroxylation sites is 1. The van der Waals surface area contributed by atoms with Crippen molar-refractivity contribution in [1.82, 2.24) is 9.78 Å². The van der Waals surface area contributed by atoms with E-state index in [9.17, 15) is 0 Å². The van der Waals surface area contributed by atoms with E-state index in [2.05, 4.69) is 45.5 Å². The Morgan fingerprint density at radius 1 is 1.35 bits per heavy atom. The summed E-state index contributed by atoms with van der Waals surface area (Å²) in [5.74, 6) is 0. The summed E-state index contributed by atoms with van der Waals surface area (Å²) in [4.78, 5) is 0. The molecule has 3 nitrogen and oxygen atoms in total. The van der Waals surface area contributed by atoms with Gasteiger partial charge in [-0.25, -0.2) is 0 Å². The van der Waals surface area contributed by atoms with Crippen LogP contribution in [0.5, 0.6) is 0 Å². The molecular weight excluding hydrogens is 278 g/mol. The third-order valence-corrected chi connectivity index (χ3v) is 3.36. The predicted molar refractivity (Wildman–Crippen MR) is 74.1 cm³/mol. The fourth-order valence-corrected chi connectivity index (χ4v) is 2.25. The molecule has 0 aliphatic heterocycles. The minimum absolute atomic E-state index is 0.805. The largest absolute Gasteiger partial charge is 0.380 e. The Morgan fingerprint density at radius 3 is 2.82 bits per heavy atom. The average Bonchev–Trinajstić information content (AvgIpc) is 2.69. The van der Waals surface area contributed by atoms with E-state index in [0.29, 0.717) is 0 Å². The summed E-state index contributed by atoms with van der Waals surface area (Å²) in [6, 6.07) is 8.13. The summed E-state index contributed by atoms with van der Waals surface area (Å²) in [5, 5.41) is 7.85. The number of hydrogen-bond donors (Lipinski definition) is 1. The molecule has 2 aromatic rings. The summed E-state index contributed by atoms with van der Waals surface area (Å²) in [6.45, 7) is 2.93. The maximum atomic E-state index is 4.43. The van der Waals surface area contributed by atoms with E-state index in [-0.39, 0.29) is 0 Å². The van der Waals surface area contributed by atoms with Crippen molar-refractivity contribution < 1.29 is 0 Å². The Balaban J connectivity index is 2.09. The van der Waals surface area contributed by atoms with Crippen LogP contribution in [0.4, 0.5) is 5.69 Å². The first-order valence-electron chi connectivity index (χ1n) is 5.70. The molecule has 90 valence electrons. The predicted octanol–water partition coefficient (Wildman–Crippen LogP) is 3.36. The van der Waals surface area contributed by atoms with Crippen molar-refractivity contribution in [2.45, 2.75) is 19.9 Å². The summed E-state index contributed by atoms with van der Waals surface area (Å²) in [5.41, 5.74) is 3.52. The molecule has 0 bridgehead atoms. The number of hydrogen-bond acceptors (Lipinski definition) is 2. The van der Waals surface area contributed by atoms with Crippen molar-refractivity contribution in [3.63, 3.8) is 0 Å². The van der Waals surface area contributed by atoms with Crippen LogP contribution in [-0.2, 0) is 20.0 Å². The van der Waals surface area contributed by atoms with Crippen LogP contribution in [0.25, 0.3) is 0 Å². The topological polar surface area (TPSA) is 29.9 Å². The molecule has 0 saturated heterocycles. The molecule has 0 amide bonds. The van der Waals surface area contributed by atoms with E-state index in [1.807, 2.05) is 29.9 Å². The molecule has 0 aliphatic rings. The van der Waals surface area contributed by atoms with Gasteiger partial charge in [0.2, 0.25) is 0 Å². The molecule has 0 saturated carbocycles. The van der Waals surface area contributed by atoms with Gasteiger partial charge >= 0.3 is 0 Å². The summed E-state index contributed by atoms with van der Waals surface area (Å²) >= 11 is 3.53. The van der Waals surface area contributed by atoms with E-state index in [1.54, 1.807) is 0 Å². The minimum Gasteiger partial charge on any atom is -0.380 e. The quantitative estimate of drug-likeness (QED) is 0.937. The van der Waals surface area contributed by atoms with Gasteiger partial charge < -0.3 is 5.32 Å². The summed E-state index contributed by atoms with van der Waals surface area (Å²) in [6.07, 6.45) is 3.04. The highest BCUT2D eigenvalue weighted by molar-refractivity contribution is 9.10.